The minimum absolute atomic E-state index is 0.0815. The van der Waals surface area contributed by atoms with Crippen molar-refractivity contribution in [1.82, 2.24) is 0 Å². The smallest absolute Gasteiger partial charge is 0.306 e. The molecule has 0 amide bonds. The predicted octanol–water partition coefficient (Wildman–Crippen LogP) is 23.8. The van der Waals surface area contributed by atoms with Crippen molar-refractivity contribution < 1.29 is 28.6 Å². The second-order valence-corrected chi connectivity index (χ2v) is 23.1. The van der Waals surface area contributed by atoms with Gasteiger partial charge in [-0.1, -0.05) is 318 Å². The SMILES string of the molecule is CC/C=C\C/C=C\C/C=C\C/C=C\C/C=C\CCCCCCCC(=O)OCC(COC(=O)CCCCCCCCCCCCCCCCCCCCCC)OC(=O)CCCCCCCCCCC/C=C\C/C=C\CCCCCCC. The van der Waals surface area contributed by atoms with Gasteiger partial charge >= 0.3 is 17.9 Å². The van der Waals surface area contributed by atoms with Gasteiger partial charge in [-0.3, -0.25) is 14.4 Å². The largest absolute Gasteiger partial charge is 0.462 e. The van der Waals surface area contributed by atoms with Gasteiger partial charge in [-0.25, -0.2) is 0 Å². The lowest BCUT2D eigenvalue weighted by Crippen LogP contribution is -2.30. The summed E-state index contributed by atoms with van der Waals surface area (Å²) >= 11 is 0. The van der Waals surface area contributed by atoms with E-state index in [2.05, 4.69) is 106 Å². The van der Waals surface area contributed by atoms with E-state index in [1.165, 1.54) is 193 Å². The van der Waals surface area contributed by atoms with Crippen LogP contribution in [0.2, 0.25) is 0 Å². The molecule has 0 aromatic heterocycles. The molecule has 0 radical (unpaired) electrons. The Bertz CT molecular complexity index is 1520. The maximum absolute atomic E-state index is 13.0. The normalized spacial score (nSPS) is 12.6. The van der Waals surface area contributed by atoms with Crippen LogP contribution in [0.3, 0.4) is 0 Å². The van der Waals surface area contributed by atoms with Crippen molar-refractivity contribution in [3.05, 3.63) is 85.1 Å². The topological polar surface area (TPSA) is 78.9 Å². The maximum atomic E-state index is 13.0. The van der Waals surface area contributed by atoms with Crippen LogP contribution in [0.1, 0.15) is 348 Å². The Hall–Kier alpha value is -3.41. The summed E-state index contributed by atoms with van der Waals surface area (Å²) in [6.45, 7) is 6.55. The molecule has 0 aliphatic heterocycles. The van der Waals surface area contributed by atoms with Gasteiger partial charge < -0.3 is 14.2 Å². The number of ether oxygens (including phenoxy) is 3. The number of unbranched alkanes of at least 4 members (excludes halogenated alkanes) is 38. The van der Waals surface area contributed by atoms with Crippen LogP contribution < -0.4 is 0 Å². The first-order chi connectivity index (χ1) is 39.5. The summed E-state index contributed by atoms with van der Waals surface area (Å²) in [4.78, 5) is 38.5. The van der Waals surface area contributed by atoms with Crippen molar-refractivity contribution in [3.8, 4) is 0 Å². The number of hydrogen-bond donors (Lipinski definition) is 0. The average Bonchev–Trinajstić information content (AvgIpc) is 3.46. The zero-order chi connectivity index (χ0) is 57.8. The molecule has 0 aromatic carbocycles. The summed E-state index contributed by atoms with van der Waals surface area (Å²) in [5.74, 6) is -0.886. The van der Waals surface area contributed by atoms with E-state index in [9.17, 15) is 14.4 Å². The molecule has 0 saturated carbocycles. The van der Waals surface area contributed by atoms with E-state index in [-0.39, 0.29) is 31.1 Å². The van der Waals surface area contributed by atoms with E-state index in [4.69, 9.17) is 14.2 Å². The lowest BCUT2D eigenvalue weighted by atomic mass is 10.0. The molecule has 0 spiro atoms. The standard InChI is InChI=1S/C74H130O6/c1-4-7-10-13-16-19-22-25-28-31-34-37-40-43-46-49-52-55-58-61-64-67-73(76)79-70-71(69-78-72(75)66-63-60-57-54-51-48-45-42-39-36-33-30-27-24-21-18-15-12-9-6-3)80-74(77)68-65-62-59-56-53-50-47-44-41-38-35-32-29-26-23-20-17-14-11-8-5-2/h7,10,16,19,23,25-26,28,32,34-35,37,43,46,71H,4-6,8-9,11-15,17-18,20-22,24,27,29-31,33,36,38-42,44-45,47-70H2,1-3H3/b10-7-,19-16-,26-23-,28-25-,35-32-,37-34-,46-43-. The number of allylic oxidation sites excluding steroid dienone is 14. The zero-order valence-corrected chi connectivity index (χ0v) is 53.1. The van der Waals surface area contributed by atoms with Crippen LogP contribution in [-0.4, -0.2) is 37.2 Å². The molecule has 0 aliphatic carbocycles. The van der Waals surface area contributed by atoms with Crippen LogP contribution in [0, 0.1) is 0 Å². The monoisotopic (exact) mass is 1110 g/mol. The highest BCUT2D eigenvalue weighted by molar-refractivity contribution is 5.71. The van der Waals surface area contributed by atoms with Crippen molar-refractivity contribution in [2.45, 2.75) is 354 Å². The van der Waals surface area contributed by atoms with E-state index >= 15 is 0 Å². The molecule has 0 heterocycles. The second kappa shape index (κ2) is 68.1. The Morgan fingerprint density at radius 1 is 0.263 bits per heavy atom. The molecule has 0 bridgehead atoms. The van der Waals surface area contributed by atoms with E-state index in [0.29, 0.717) is 19.3 Å². The fourth-order valence-electron chi connectivity index (χ4n) is 9.97. The second-order valence-electron chi connectivity index (χ2n) is 23.1. The highest BCUT2D eigenvalue weighted by Gasteiger charge is 2.19. The van der Waals surface area contributed by atoms with Gasteiger partial charge in [-0.15, -0.1) is 0 Å². The maximum Gasteiger partial charge on any atom is 0.306 e. The molecule has 6 nitrogen and oxygen atoms in total. The van der Waals surface area contributed by atoms with Crippen LogP contribution in [0.4, 0.5) is 0 Å². The number of esters is 3. The first-order valence-corrected chi connectivity index (χ1v) is 34.6. The third kappa shape index (κ3) is 65.4. The molecular weight excluding hydrogens is 985 g/mol. The van der Waals surface area contributed by atoms with E-state index in [1.807, 2.05) is 0 Å². The summed E-state index contributed by atoms with van der Waals surface area (Å²) in [5, 5.41) is 0. The Kier molecular flexibility index (Phi) is 65.2. The van der Waals surface area contributed by atoms with Crippen LogP contribution in [0.5, 0.6) is 0 Å². The van der Waals surface area contributed by atoms with Gasteiger partial charge in [0.05, 0.1) is 0 Å². The number of hydrogen-bond acceptors (Lipinski definition) is 6. The van der Waals surface area contributed by atoms with E-state index in [1.54, 1.807) is 0 Å². The Morgan fingerprint density at radius 2 is 0.487 bits per heavy atom. The molecule has 6 heteroatoms. The van der Waals surface area contributed by atoms with Gasteiger partial charge in [-0.05, 0) is 96.3 Å². The van der Waals surface area contributed by atoms with Crippen molar-refractivity contribution in [3.63, 3.8) is 0 Å². The average molecular weight is 1120 g/mol. The molecule has 0 aromatic rings. The molecule has 462 valence electrons. The molecule has 0 rings (SSSR count). The molecular formula is C74H130O6. The van der Waals surface area contributed by atoms with E-state index in [0.717, 1.165) is 116 Å². The fourth-order valence-corrected chi connectivity index (χ4v) is 9.97. The molecule has 0 saturated heterocycles. The summed E-state index contributed by atoms with van der Waals surface area (Å²) in [6.07, 6.45) is 90.2. The van der Waals surface area contributed by atoms with E-state index < -0.39 is 6.10 Å². The molecule has 0 N–H and O–H groups in total. The highest BCUT2D eigenvalue weighted by Crippen LogP contribution is 2.17. The van der Waals surface area contributed by atoms with Crippen LogP contribution >= 0.6 is 0 Å². The van der Waals surface area contributed by atoms with Gasteiger partial charge in [0.15, 0.2) is 6.10 Å². The number of carbonyl (C=O) groups excluding carboxylic acids is 3. The van der Waals surface area contributed by atoms with Crippen molar-refractivity contribution in [2.24, 2.45) is 0 Å². The lowest BCUT2D eigenvalue weighted by molar-refractivity contribution is -0.167. The van der Waals surface area contributed by atoms with Gasteiger partial charge in [0.25, 0.3) is 0 Å². The van der Waals surface area contributed by atoms with Crippen molar-refractivity contribution in [2.75, 3.05) is 13.2 Å². The molecule has 80 heavy (non-hydrogen) atoms. The molecule has 0 aliphatic rings. The Morgan fingerprint density at radius 3 is 0.762 bits per heavy atom. The Labute approximate surface area is 496 Å². The van der Waals surface area contributed by atoms with Crippen LogP contribution in [-0.2, 0) is 28.6 Å². The minimum atomic E-state index is -0.788. The number of carbonyl (C=O) groups is 3. The first kappa shape index (κ1) is 76.6. The van der Waals surface area contributed by atoms with Gasteiger partial charge in [0.2, 0.25) is 0 Å². The number of rotatable bonds is 63. The molecule has 1 atom stereocenters. The molecule has 1 unspecified atom stereocenters. The summed E-state index contributed by atoms with van der Waals surface area (Å²) in [6, 6.07) is 0. The summed E-state index contributed by atoms with van der Waals surface area (Å²) in [5.41, 5.74) is 0. The predicted molar refractivity (Wildman–Crippen MR) is 348 cm³/mol. The third-order valence-electron chi connectivity index (χ3n) is 15.1. The van der Waals surface area contributed by atoms with Gasteiger partial charge in [-0.2, -0.15) is 0 Å². The molecule has 0 fully saturated rings. The quantitative estimate of drug-likeness (QED) is 0.0261. The van der Waals surface area contributed by atoms with Gasteiger partial charge in [0, 0.05) is 19.3 Å². The fraction of sp³-hybridized carbons (Fsp3) is 0.770. The Balaban J connectivity index is 4.40. The minimum Gasteiger partial charge on any atom is -0.462 e. The van der Waals surface area contributed by atoms with Crippen molar-refractivity contribution >= 4 is 17.9 Å². The summed E-state index contributed by atoms with van der Waals surface area (Å²) < 4.78 is 17.0. The van der Waals surface area contributed by atoms with Crippen LogP contribution in [0.25, 0.3) is 0 Å². The zero-order valence-electron chi connectivity index (χ0n) is 53.1. The lowest BCUT2D eigenvalue weighted by Gasteiger charge is -2.18. The highest BCUT2D eigenvalue weighted by atomic mass is 16.6. The van der Waals surface area contributed by atoms with Crippen LogP contribution in [0.15, 0.2) is 85.1 Å². The first-order valence-electron chi connectivity index (χ1n) is 34.6. The third-order valence-corrected chi connectivity index (χ3v) is 15.1. The van der Waals surface area contributed by atoms with Gasteiger partial charge in [0.1, 0.15) is 13.2 Å². The van der Waals surface area contributed by atoms with Crippen molar-refractivity contribution in [1.29, 1.82) is 0 Å². The summed E-state index contributed by atoms with van der Waals surface area (Å²) in [7, 11) is 0.